The Bertz CT molecular complexity index is 451. The largest absolute Gasteiger partial charge is 0.481 e. The molecule has 1 N–H and O–H groups in total. The van der Waals surface area contributed by atoms with Gasteiger partial charge in [-0.25, -0.2) is 0 Å². The molecule has 1 aliphatic rings. The molecule has 0 aliphatic carbocycles. The molecule has 2 atom stereocenters. The third-order valence-electron chi connectivity index (χ3n) is 3.23. The molecule has 0 saturated carbocycles. The van der Waals surface area contributed by atoms with Crippen molar-refractivity contribution in [1.29, 1.82) is 0 Å². The fourth-order valence-corrected chi connectivity index (χ4v) is 2.30. The Kier molecular flexibility index (Phi) is 2.92. The molecule has 2 heterocycles. The zero-order valence-electron chi connectivity index (χ0n) is 9.84. The summed E-state index contributed by atoms with van der Waals surface area (Å²) in [4.78, 5) is 24.3. The Hall–Kier alpha value is -1.78. The molecule has 1 saturated heterocycles. The third kappa shape index (κ3) is 2.05. The van der Waals surface area contributed by atoms with Gasteiger partial charge in [-0.2, -0.15) is 0 Å². The van der Waals surface area contributed by atoms with Crippen LogP contribution >= 0.6 is 0 Å². The first-order valence-electron chi connectivity index (χ1n) is 5.55. The normalized spacial score (nSPS) is 25.1. The summed E-state index contributed by atoms with van der Waals surface area (Å²) < 4.78 is 5.46. The zero-order chi connectivity index (χ0) is 12.6. The van der Waals surface area contributed by atoms with Gasteiger partial charge >= 0.3 is 5.97 Å². The SMILES string of the molecule is Cc1ccc(C2C(C(=O)O)CCC(=O)N2C)o1. The van der Waals surface area contributed by atoms with E-state index in [2.05, 4.69) is 0 Å². The Morgan fingerprint density at radius 1 is 1.53 bits per heavy atom. The molecule has 1 aromatic heterocycles. The molecule has 92 valence electrons. The number of piperidine rings is 1. The number of aryl methyl sites for hydroxylation is 1. The molecule has 1 fully saturated rings. The van der Waals surface area contributed by atoms with Crippen molar-refractivity contribution in [1.82, 2.24) is 4.90 Å². The Labute approximate surface area is 99.0 Å². The van der Waals surface area contributed by atoms with Gasteiger partial charge < -0.3 is 14.4 Å². The van der Waals surface area contributed by atoms with E-state index in [1.807, 2.05) is 0 Å². The van der Waals surface area contributed by atoms with Crippen molar-refractivity contribution in [3.63, 3.8) is 0 Å². The lowest BCUT2D eigenvalue weighted by Gasteiger charge is -2.35. The molecule has 1 aromatic rings. The minimum Gasteiger partial charge on any atom is -0.481 e. The van der Waals surface area contributed by atoms with Crippen molar-refractivity contribution in [2.75, 3.05) is 7.05 Å². The molecule has 2 rings (SSSR count). The van der Waals surface area contributed by atoms with Crippen molar-refractivity contribution in [2.24, 2.45) is 5.92 Å². The van der Waals surface area contributed by atoms with Crippen LogP contribution in [0.5, 0.6) is 0 Å². The van der Waals surface area contributed by atoms with Gasteiger partial charge in [0.25, 0.3) is 0 Å². The fraction of sp³-hybridized carbons (Fsp3) is 0.500. The number of aliphatic carboxylic acids is 1. The highest BCUT2D eigenvalue weighted by Crippen LogP contribution is 2.36. The maximum absolute atomic E-state index is 11.6. The van der Waals surface area contributed by atoms with Crippen LogP contribution in [-0.2, 0) is 9.59 Å². The summed E-state index contributed by atoms with van der Waals surface area (Å²) in [5.41, 5.74) is 0. The van der Waals surface area contributed by atoms with Crippen molar-refractivity contribution in [2.45, 2.75) is 25.8 Å². The van der Waals surface area contributed by atoms with Crippen LogP contribution < -0.4 is 0 Å². The topological polar surface area (TPSA) is 70.8 Å². The highest BCUT2D eigenvalue weighted by Gasteiger charge is 2.40. The van der Waals surface area contributed by atoms with E-state index in [0.717, 1.165) is 5.76 Å². The number of hydrogen-bond acceptors (Lipinski definition) is 3. The summed E-state index contributed by atoms with van der Waals surface area (Å²) in [7, 11) is 1.62. The van der Waals surface area contributed by atoms with Crippen molar-refractivity contribution in [3.8, 4) is 0 Å². The maximum atomic E-state index is 11.6. The number of carbonyl (C=O) groups is 2. The molecule has 0 radical (unpaired) electrons. The van der Waals surface area contributed by atoms with Gasteiger partial charge in [0.2, 0.25) is 5.91 Å². The second-order valence-electron chi connectivity index (χ2n) is 4.38. The quantitative estimate of drug-likeness (QED) is 0.847. The lowest BCUT2D eigenvalue weighted by Crippen LogP contribution is -2.42. The van der Waals surface area contributed by atoms with Crippen LogP contribution in [0.4, 0.5) is 0 Å². The van der Waals surface area contributed by atoms with Crippen molar-refractivity contribution < 1.29 is 19.1 Å². The average molecular weight is 237 g/mol. The number of nitrogens with zero attached hydrogens (tertiary/aromatic N) is 1. The van der Waals surface area contributed by atoms with Gasteiger partial charge in [-0.3, -0.25) is 9.59 Å². The standard InChI is InChI=1S/C12H15NO4/c1-7-3-5-9(17-7)11-8(12(15)16)4-6-10(14)13(11)2/h3,5,8,11H,4,6H2,1-2H3,(H,15,16). The molecule has 0 bridgehead atoms. The molecule has 5 heteroatoms. The number of hydrogen-bond donors (Lipinski definition) is 1. The summed E-state index contributed by atoms with van der Waals surface area (Å²) in [6, 6.07) is 3.02. The lowest BCUT2D eigenvalue weighted by molar-refractivity contribution is -0.151. The van der Waals surface area contributed by atoms with Crippen LogP contribution in [-0.4, -0.2) is 28.9 Å². The monoisotopic (exact) mass is 237 g/mol. The first kappa shape index (κ1) is 11.7. The van der Waals surface area contributed by atoms with Crippen LogP contribution in [0.1, 0.15) is 30.4 Å². The van der Waals surface area contributed by atoms with Gasteiger partial charge in [0.05, 0.1) is 5.92 Å². The van der Waals surface area contributed by atoms with Gasteiger partial charge in [-0.05, 0) is 25.5 Å². The third-order valence-corrected chi connectivity index (χ3v) is 3.23. The van der Waals surface area contributed by atoms with E-state index >= 15 is 0 Å². The molecule has 0 aromatic carbocycles. The van der Waals surface area contributed by atoms with E-state index < -0.39 is 17.9 Å². The Morgan fingerprint density at radius 2 is 2.24 bits per heavy atom. The van der Waals surface area contributed by atoms with E-state index in [1.54, 1.807) is 26.1 Å². The summed E-state index contributed by atoms with van der Waals surface area (Å²) in [5, 5.41) is 9.20. The van der Waals surface area contributed by atoms with Gasteiger partial charge in [0.15, 0.2) is 0 Å². The van der Waals surface area contributed by atoms with Crippen LogP contribution in [0.15, 0.2) is 16.5 Å². The van der Waals surface area contributed by atoms with Gasteiger partial charge in [0, 0.05) is 13.5 Å². The highest BCUT2D eigenvalue weighted by atomic mass is 16.4. The van der Waals surface area contributed by atoms with E-state index in [9.17, 15) is 14.7 Å². The zero-order valence-corrected chi connectivity index (χ0v) is 9.84. The Morgan fingerprint density at radius 3 is 2.76 bits per heavy atom. The van der Waals surface area contributed by atoms with Crippen LogP contribution in [0.2, 0.25) is 0 Å². The number of rotatable bonds is 2. The van der Waals surface area contributed by atoms with Crippen LogP contribution in [0.25, 0.3) is 0 Å². The fourth-order valence-electron chi connectivity index (χ4n) is 2.30. The summed E-state index contributed by atoms with van der Waals surface area (Å²) >= 11 is 0. The van der Waals surface area contributed by atoms with Gasteiger partial charge in [-0.15, -0.1) is 0 Å². The van der Waals surface area contributed by atoms with Crippen LogP contribution in [0, 0.1) is 12.8 Å². The molecule has 17 heavy (non-hydrogen) atoms. The maximum Gasteiger partial charge on any atom is 0.309 e. The summed E-state index contributed by atoms with van der Waals surface area (Å²) in [6.07, 6.45) is 0.645. The first-order valence-corrected chi connectivity index (χ1v) is 5.55. The predicted octanol–water partition coefficient (Wildman–Crippen LogP) is 1.58. The lowest BCUT2D eigenvalue weighted by atomic mass is 9.87. The number of carboxylic acids is 1. The van der Waals surface area contributed by atoms with E-state index in [4.69, 9.17) is 4.42 Å². The smallest absolute Gasteiger partial charge is 0.309 e. The Balaban J connectivity index is 2.36. The molecule has 0 spiro atoms. The number of amides is 1. The van der Waals surface area contributed by atoms with Gasteiger partial charge in [-0.1, -0.05) is 0 Å². The second kappa shape index (κ2) is 4.24. The second-order valence-corrected chi connectivity index (χ2v) is 4.38. The molecular weight excluding hydrogens is 222 g/mol. The van der Waals surface area contributed by atoms with Crippen molar-refractivity contribution in [3.05, 3.63) is 23.7 Å². The first-order chi connectivity index (χ1) is 8.00. The van der Waals surface area contributed by atoms with Crippen molar-refractivity contribution >= 4 is 11.9 Å². The minimum absolute atomic E-state index is 0.0402. The van der Waals surface area contributed by atoms with Gasteiger partial charge in [0.1, 0.15) is 17.6 Å². The minimum atomic E-state index is -0.886. The summed E-state index contributed by atoms with van der Waals surface area (Å²) in [5.74, 6) is -0.255. The molecule has 5 nitrogen and oxygen atoms in total. The average Bonchev–Trinajstić information content (AvgIpc) is 2.68. The van der Waals surface area contributed by atoms with E-state index in [1.165, 1.54) is 4.90 Å². The predicted molar refractivity (Wildman–Crippen MR) is 59.3 cm³/mol. The highest BCUT2D eigenvalue weighted by molar-refractivity contribution is 5.81. The number of carbonyl (C=O) groups excluding carboxylic acids is 1. The molecule has 2 unspecified atom stereocenters. The molecule has 1 amide bonds. The van der Waals surface area contributed by atoms with E-state index in [0.29, 0.717) is 12.2 Å². The molecular formula is C12H15NO4. The molecule has 1 aliphatic heterocycles. The number of furan rings is 1. The number of likely N-dealkylation sites (tertiary alicyclic amines) is 1. The number of carboxylic acid groups (broad SMARTS) is 1. The van der Waals surface area contributed by atoms with Crippen LogP contribution in [0.3, 0.4) is 0 Å². The summed E-state index contributed by atoms with van der Waals surface area (Å²) in [6.45, 7) is 1.80. The van der Waals surface area contributed by atoms with E-state index in [-0.39, 0.29) is 12.3 Å².